The van der Waals surface area contributed by atoms with Gasteiger partial charge in [0, 0.05) is 11.8 Å². The van der Waals surface area contributed by atoms with E-state index in [1.807, 2.05) is 6.07 Å². The second kappa shape index (κ2) is 8.16. The van der Waals surface area contributed by atoms with E-state index in [-0.39, 0.29) is 18.9 Å². The van der Waals surface area contributed by atoms with Crippen molar-refractivity contribution >= 4 is 13.7 Å². The normalized spacial score (nSPS) is 37.3. The molecule has 0 spiro atoms. The lowest BCUT2D eigenvalue weighted by atomic mass is 9.94. The highest BCUT2D eigenvalue weighted by molar-refractivity contribution is 7.49. The summed E-state index contributed by atoms with van der Waals surface area (Å²) in [6, 6.07) is 5.42. The predicted molar refractivity (Wildman–Crippen MR) is 108 cm³/mol. The minimum atomic E-state index is -4.03. The number of alkyl halides is 1. The summed E-state index contributed by atoms with van der Waals surface area (Å²) in [4.78, 5) is 4.84. The Morgan fingerprint density at radius 3 is 2.94 bits per heavy atom. The van der Waals surface area contributed by atoms with E-state index < -0.39 is 44.9 Å². The first-order valence-corrected chi connectivity index (χ1v) is 11.3. The molecule has 1 saturated heterocycles. The third-order valence-electron chi connectivity index (χ3n) is 5.65. The van der Waals surface area contributed by atoms with Crippen molar-refractivity contribution in [3.63, 3.8) is 0 Å². The van der Waals surface area contributed by atoms with Gasteiger partial charge < -0.3 is 30.1 Å². The minimum absolute atomic E-state index is 0.0232. The summed E-state index contributed by atoms with van der Waals surface area (Å²) in [6.07, 6.45) is -3.54. The van der Waals surface area contributed by atoms with Crippen LogP contribution >= 0.6 is 7.82 Å². The summed E-state index contributed by atoms with van der Waals surface area (Å²) in [5.41, 5.74) is 5.47. The molecule has 0 amide bonds. The molecular weight excluding hydrogens is 432 g/mol. The molecule has 12 heteroatoms. The Morgan fingerprint density at radius 1 is 1.45 bits per heavy atom. The molecule has 0 radical (unpaired) electrons. The maximum Gasteiger partial charge on any atom is 0.530 e. The van der Waals surface area contributed by atoms with Crippen LogP contribution in [0.3, 0.4) is 0 Å². The summed E-state index contributed by atoms with van der Waals surface area (Å²) in [5.74, 6) is 0.483. The number of aryl methyl sites for hydroxylation is 1. The number of halogens is 1. The van der Waals surface area contributed by atoms with Crippen LogP contribution in [0.4, 0.5) is 4.39 Å². The maximum absolute atomic E-state index is 15.0. The van der Waals surface area contributed by atoms with Crippen molar-refractivity contribution < 1.29 is 37.5 Å². The van der Waals surface area contributed by atoms with Crippen LogP contribution in [0.1, 0.15) is 24.5 Å². The van der Waals surface area contributed by atoms with Gasteiger partial charge >= 0.3 is 7.82 Å². The Hall–Kier alpha value is -2.01. The number of aliphatic hydroxyl groups excluding tert-OH is 2. The number of rotatable bonds is 5. The van der Waals surface area contributed by atoms with Crippen molar-refractivity contribution in [1.29, 1.82) is 0 Å². The molecule has 4 rings (SSSR count). The fraction of sp³-hybridized carbons (Fsp3) is 0.526. The zero-order valence-corrected chi connectivity index (χ0v) is 17.9. The van der Waals surface area contributed by atoms with Crippen LogP contribution in [-0.2, 0) is 25.0 Å². The van der Waals surface area contributed by atoms with Gasteiger partial charge in [-0.3, -0.25) is 9.05 Å². The lowest BCUT2D eigenvalue weighted by Gasteiger charge is -2.35. The highest BCUT2D eigenvalue weighted by atomic mass is 31.2. The number of ether oxygens (including phenoxy) is 1. The van der Waals surface area contributed by atoms with Gasteiger partial charge in [0.1, 0.15) is 23.3 Å². The Balaban J connectivity index is 1.50. The average Bonchev–Trinajstić information content (AvgIpc) is 2.99. The molecule has 10 nitrogen and oxygen atoms in total. The summed E-state index contributed by atoms with van der Waals surface area (Å²) in [6.45, 7) is 3.03. The minimum Gasteiger partial charge on any atom is -0.403 e. The number of hydrogen-bond acceptors (Lipinski definition) is 10. The molecule has 1 aromatic carbocycles. The van der Waals surface area contributed by atoms with Gasteiger partial charge in [-0.25, -0.2) is 13.9 Å². The van der Waals surface area contributed by atoms with Crippen molar-refractivity contribution in [3.8, 4) is 5.75 Å². The van der Waals surface area contributed by atoms with E-state index in [1.54, 1.807) is 26.0 Å². The number of para-hydroxylation sites is 1. The van der Waals surface area contributed by atoms with E-state index in [1.165, 1.54) is 12.3 Å². The smallest absolute Gasteiger partial charge is 0.403 e. The van der Waals surface area contributed by atoms with E-state index in [0.717, 1.165) is 16.0 Å². The van der Waals surface area contributed by atoms with Crippen LogP contribution in [0.15, 0.2) is 35.5 Å². The molecular formula is C19H25FN3O7P. The SMILES string of the molecule is CC[C@]1(COP2(=O)OCc3cccc(C)c3O2)O[C@@H](N2C=CC(N)=NC2O)[C@H](F)[C@@H]1O. The number of aliphatic imine (C=N–C) groups is 1. The molecule has 0 aliphatic carbocycles. The molecule has 3 aliphatic heterocycles. The molecule has 2 unspecified atom stereocenters. The topological polar surface area (TPSA) is 136 Å². The van der Waals surface area contributed by atoms with Gasteiger partial charge in [-0.1, -0.05) is 25.1 Å². The van der Waals surface area contributed by atoms with Crippen molar-refractivity contribution in [3.05, 3.63) is 41.6 Å². The molecule has 3 heterocycles. The van der Waals surface area contributed by atoms with Crippen LogP contribution in [-0.4, -0.2) is 58.0 Å². The molecule has 4 N–H and O–H groups in total. The van der Waals surface area contributed by atoms with Crippen molar-refractivity contribution in [2.45, 2.75) is 57.3 Å². The maximum atomic E-state index is 15.0. The Labute approximate surface area is 178 Å². The van der Waals surface area contributed by atoms with Crippen LogP contribution in [0.5, 0.6) is 5.75 Å². The van der Waals surface area contributed by atoms with Gasteiger partial charge in [-0.2, -0.15) is 0 Å². The quantitative estimate of drug-likeness (QED) is 0.564. The predicted octanol–water partition coefficient (Wildman–Crippen LogP) is 1.70. The Bertz CT molecular complexity index is 960. The third-order valence-corrected chi connectivity index (χ3v) is 6.95. The van der Waals surface area contributed by atoms with Gasteiger partial charge in [-0.15, -0.1) is 0 Å². The van der Waals surface area contributed by atoms with Crippen molar-refractivity contribution in [1.82, 2.24) is 4.90 Å². The lowest BCUT2D eigenvalue weighted by Crippen LogP contribution is -2.46. The molecule has 0 aromatic heterocycles. The van der Waals surface area contributed by atoms with E-state index in [4.69, 9.17) is 24.0 Å². The summed E-state index contributed by atoms with van der Waals surface area (Å²) >= 11 is 0. The highest BCUT2D eigenvalue weighted by Gasteiger charge is 2.57. The largest absolute Gasteiger partial charge is 0.530 e. The Morgan fingerprint density at radius 2 is 2.23 bits per heavy atom. The first-order valence-electron chi connectivity index (χ1n) is 9.82. The molecule has 31 heavy (non-hydrogen) atoms. The fourth-order valence-corrected chi connectivity index (χ4v) is 5.09. The molecule has 0 bridgehead atoms. The van der Waals surface area contributed by atoms with Crippen LogP contribution in [0.2, 0.25) is 0 Å². The standard InChI is InChI=1S/C19H25FN3O7P/c1-3-19(10-28-31(26)27-9-12-6-4-5-11(2)15(12)30-31)16(24)14(20)17(29-19)23-8-7-13(21)22-18(23)25/h4-8,14,16-18,24-25H,3,9-10H2,1-2H3,(H2,21,22)/t14-,16+,17-,18?,19-,31?/m1/s1. The Kier molecular flexibility index (Phi) is 5.84. The number of aliphatic hydroxyl groups is 2. The van der Waals surface area contributed by atoms with Gasteiger partial charge in [0.15, 0.2) is 12.4 Å². The number of fused-ring (bicyclic) bond motifs is 1. The average molecular weight is 457 g/mol. The van der Waals surface area contributed by atoms with Gasteiger partial charge in [0.2, 0.25) is 6.35 Å². The molecule has 1 aromatic rings. The monoisotopic (exact) mass is 457 g/mol. The summed E-state index contributed by atoms with van der Waals surface area (Å²) < 4.78 is 50.2. The number of phosphoric ester groups is 1. The molecule has 170 valence electrons. The number of nitrogens with zero attached hydrogens (tertiary/aromatic N) is 2. The summed E-state index contributed by atoms with van der Waals surface area (Å²) in [7, 11) is -4.03. The van der Waals surface area contributed by atoms with Crippen LogP contribution < -0.4 is 10.3 Å². The zero-order valence-electron chi connectivity index (χ0n) is 17.1. The zero-order chi connectivity index (χ0) is 22.4. The number of nitrogens with two attached hydrogens (primary N) is 1. The number of amidine groups is 1. The van der Waals surface area contributed by atoms with E-state index in [0.29, 0.717) is 5.75 Å². The van der Waals surface area contributed by atoms with Crippen LogP contribution in [0, 0.1) is 6.92 Å². The van der Waals surface area contributed by atoms with Gasteiger partial charge in [0.05, 0.1) is 13.2 Å². The number of hydrogen-bond donors (Lipinski definition) is 3. The molecule has 3 aliphatic rings. The van der Waals surface area contributed by atoms with Crippen molar-refractivity contribution in [2.24, 2.45) is 10.7 Å². The third kappa shape index (κ3) is 3.97. The number of phosphoric acid groups is 1. The van der Waals surface area contributed by atoms with Crippen molar-refractivity contribution in [2.75, 3.05) is 6.61 Å². The second-order valence-corrected chi connectivity index (χ2v) is 9.22. The summed E-state index contributed by atoms with van der Waals surface area (Å²) in [5, 5.41) is 20.7. The molecule has 0 saturated carbocycles. The first kappa shape index (κ1) is 22.2. The first-order chi connectivity index (χ1) is 14.7. The van der Waals surface area contributed by atoms with E-state index in [9.17, 15) is 14.8 Å². The lowest BCUT2D eigenvalue weighted by molar-refractivity contribution is -0.163. The number of benzene rings is 1. The van der Waals surface area contributed by atoms with Gasteiger partial charge in [-0.05, 0) is 25.0 Å². The molecule has 6 atom stereocenters. The van der Waals surface area contributed by atoms with E-state index >= 15 is 4.39 Å². The van der Waals surface area contributed by atoms with Gasteiger partial charge in [0.25, 0.3) is 0 Å². The van der Waals surface area contributed by atoms with E-state index in [2.05, 4.69) is 4.99 Å². The highest BCUT2D eigenvalue weighted by Crippen LogP contribution is 2.56. The second-order valence-electron chi connectivity index (χ2n) is 7.63. The molecule has 1 fully saturated rings. The van der Waals surface area contributed by atoms with Crippen LogP contribution in [0.25, 0.3) is 0 Å². The fourth-order valence-electron chi connectivity index (χ4n) is 3.76.